The molecule has 0 saturated heterocycles. The predicted molar refractivity (Wildman–Crippen MR) is 64.1 cm³/mol. The summed E-state index contributed by atoms with van der Waals surface area (Å²) in [5.74, 6) is -1.39. The van der Waals surface area contributed by atoms with Gasteiger partial charge in [0.15, 0.2) is 0 Å². The van der Waals surface area contributed by atoms with Gasteiger partial charge in [-0.3, -0.25) is 4.79 Å². The van der Waals surface area contributed by atoms with Crippen molar-refractivity contribution in [2.45, 2.75) is 0 Å². The van der Waals surface area contributed by atoms with Crippen LogP contribution in [0.2, 0.25) is 0 Å². The van der Waals surface area contributed by atoms with Crippen LogP contribution in [0.1, 0.15) is 10.4 Å². The summed E-state index contributed by atoms with van der Waals surface area (Å²) in [7, 11) is 0. The number of rotatable bonds is 2. The molecule has 1 amide bonds. The molecule has 0 saturated carbocycles. The zero-order valence-electron chi connectivity index (χ0n) is 9.22. The first-order chi connectivity index (χ1) is 8.56. The average molecular weight is 247 g/mol. The molecule has 0 aliphatic rings. The van der Waals surface area contributed by atoms with Crippen LogP contribution in [-0.2, 0) is 0 Å². The molecule has 3 N–H and O–H groups in total. The molecule has 2 aromatic rings. The van der Waals surface area contributed by atoms with Crippen molar-refractivity contribution in [1.29, 1.82) is 0 Å². The predicted octanol–water partition coefficient (Wildman–Crippen LogP) is 2.49. The standard InChI is InChI=1S/C13H10FNO3/c14-11-7-10(17)5-6-12(11)15-13(18)8-1-3-9(16)4-2-8/h1-7,16-17H,(H,15,18). The highest BCUT2D eigenvalue weighted by atomic mass is 19.1. The molecule has 0 heterocycles. The average Bonchev–Trinajstić information content (AvgIpc) is 2.33. The molecule has 0 fully saturated rings. The summed E-state index contributed by atoms with van der Waals surface area (Å²) in [5, 5.41) is 20.5. The SMILES string of the molecule is O=C(Nc1ccc(O)cc1F)c1ccc(O)cc1. The number of carbonyl (C=O) groups excluding carboxylic acids is 1. The van der Waals surface area contributed by atoms with Crippen molar-refractivity contribution >= 4 is 11.6 Å². The van der Waals surface area contributed by atoms with Crippen molar-refractivity contribution in [2.24, 2.45) is 0 Å². The van der Waals surface area contributed by atoms with Gasteiger partial charge in [0, 0.05) is 11.6 Å². The Morgan fingerprint density at radius 3 is 2.22 bits per heavy atom. The summed E-state index contributed by atoms with van der Waals surface area (Å²) in [4.78, 5) is 11.7. The Balaban J connectivity index is 2.18. The molecule has 0 spiro atoms. The number of aromatic hydroxyl groups is 2. The maximum atomic E-state index is 13.4. The number of carbonyl (C=O) groups is 1. The van der Waals surface area contributed by atoms with Crippen molar-refractivity contribution in [1.82, 2.24) is 0 Å². The number of halogens is 1. The number of phenols is 2. The van der Waals surface area contributed by atoms with Gasteiger partial charge in [0.05, 0.1) is 5.69 Å². The smallest absolute Gasteiger partial charge is 0.255 e. The lowest BCUT2D eigenvalue weighted by atomic mass is 10.2. The molecule has 2 rings (SSSR count). The van der Waals surface area contributed by atoms with E-state index in [9.17, 15) is 9.18 Å². The minimum Gasteiger partial charge on any atom is -0.508 e. The van der Waals surface area contributed by atoms with Crippen LogP contribution in [0.3, 0.4) is 0 Å². The summed E-state index contributed by atoms with van der Waals surface area (Å²) >= 11 is 0. The van der Waals surface area contributed by atoms with Crippen molar-refractivity contribution in [2.75, 3.05) is 5.32 Å². The van der Waals surface area contributed by atoms with E-state index in [4.69, 9.17) is 10.2 Å². The number of hydrogen-bond donors (Lipinski definition) is 3. The van der Waals surface area contributed by atoms with Crippen molar-refractivity contribution in [3.63, 3.8) is 0 Å². The lowest BCUT2D eigenvalue weighted by molar-refractivity contribution is 0.102. The van der Waals surface area contributed by atoms with Gasteiger partial charge in [0.25, 0.3) is 5.91 Å². The highest BCUT2D eigenvalue weighted by Gasteiger charge is 2.09. The van der Waals surface area contributed by atoms with E-state index in [1.54, 1.807) is 0 Å². The topological polar surface area (TPSA) is 69.6 Å². The number of anilines is 1. The second kappa shape index (κ2) is 4.75. The van der Waals surface area contributed by atoms with Crippen molar-refractivity contribution in [3.8, 4) is 11.5 Å². The van der Waals surface area contributed by atoms with Crippen molar-refractivity contribution < 1.29 is 19.4 Å². The Morgan fingerprint density at radius 1 is 1.00 bits per heavy atom. The third kappa shape index (κ3) is 2.57. The first-order valence-corrected chi connectivity index (χ1v) is 5.15. The Labute approximate surface area is 102 Å². The Kier molecular flexibility index (Phi) is 3.14. The maximum absolute atomic E-state index is 13.4. The van der Waals surface area contributed by atoms with E-state index in [0.717, 1.165) is 6.07 Å². The second-order valence-electron chi connectivity index (χ2n) is 3.67. The minimum absolute atomic E-state index is 0.0223. The van der Waals surface area contributed by atoms with Crippen LogP contribution in [-0.4, -0.2) is 16.1 Å². The van der Waals surface area contributed by atoms with E-state index < -0.39 is 11.7 Å². The highest BCUT2D eigenvalue weighted by Crippen LogP contribution is 2.20. The summed E-state index contributed by atoms with van der Waals surface area (Å²) in [6.45, 7) is 0. The fourth-order valence-electron chi connectivity index (χ4n) is 1.41. The Hall–Kier alpha value is -2.56. The summed E-state index contributed by atoms with van der Waals surface area (Å²) in [6, 6.07) is 9.01. The number of hydrogen-bond acceptors (Lipinski definition) is 3. The van der Waals surface area contributed by atoms with Crippen LogP contribution in [0.25, 0.3) is 0 Å². The summed E-state index contributed by atoms with van der Waals surface area (Å²) in [5.41, 5.74) is 0.270. The molecule has 4 nitrogen and oxygen atoms in total. The number of nitrogens with one attached hydrogen (secondary N) is 1. The van der Waals surface area contributed by atoms with E-state index in [2.05, 4.69) is 5.32 Å². The van der Waals surface area contributed by atoms with Crippen LogP contribution in [0.4, 0.5) is 10.1 Å². The minimum atomic E-state index is -0.720. The summed E-state index contributed by atoms with van der Waals surface area (Å²) < 4.78 is 13.4. The molecule has 0 unspecified atom stereocenters. The Bertz CT molecular complexity index is 581. The fourth-order valence-corrected chi connectivity index (χ4v) is 1.41. The quantitative estimate of drug-likeness (QED) is 0.714. The molecule has 0 radical (unpaired) electrons. The zero-order chi connectivity index (χ0) is 13.1. The van der Waals surface area contributed by atoms with E-state index in [1.807, 2.05) is 0 Å². The molecule has 2 aromatic carbocycles. The van der Waals surface area contributed by atoms with Gasteiger partial charge in [-0.1, -0.05) is 0 Å². The third-order valence-corrected chi connectivity index (χ3v) is 2.33. The molecule has 0 aliphatic carbocycles. The van der Waals surface area contributed by atoms with Gasteiger partial charge in [0.2, 0.25) is 0 Å². The molecular weight excluding hydrogens is 237 g/mol. The maximum Gasteiger partial charge on any atom is 0.255 e. The monoisotopic (exact) mass is 247 g/mol. The Morgan fingerprint density at radius 2 is 1.61 bits per heavy atom. The fraction of sp³-hybridized carbons (Fsp3) is 0. The molecule has 5 heteroatoms. The van der Waals surface area contributed by atoms with Gasteiger partial charge in [-0.2, -0.15) is 0 Å². The summed E-state index contributed by atoms with van der Waals surface area (Å²) in [6.07, 6.45) is 0. The third-order valence-electron chi connectivity index (χ3n) is 2.33. The first kappa shape index (κ1) is 11.9. The molecule has 0 bridgehead atoms. The molecule has 18 heavy (non-hydrogen) atoms. The molecule has 92 valence electrons. The molecule has 0 aliphatic heterocycles. The van der Waals surface area contributed by atoms with E-state index >= 15 is 0 Å². The van der Waals surface area contributed by atoms with Gasteiger partial charge in [-0.15, -0.1) is 0 Å². The van der Waals surface area contributed by atoms with E-state index in [1.165, 1.54) is 36.4 Å². The lowest BCUT2D eigenvalue weighted by Crippen LogP contribution is -2.12. The normalized spacial score (nSPS) is 10.1. The number of phenolic OH excluding ortho intramolecular Hbond substituents is 2. The zero-order valence-corrected chi connectivity index (χ0v) is 9.22. The van der Waals surface area contributed by atoms with Crippen LogP contribution < -0.4 is 5.32 Å². The van der Waals surface area contributed by atoms with Gasteiger partial charge < -0.3 is 15.5 Å². The molecule has 0 aromatic heterocycles. The van der Waals surface area contributed by atoms with Crippen molar-refractivity contribution in [3.05, 3.63) is 53.8 Å². The van der Waals surface area contributed by atoms with Gasteiger partial charge >= 0.3 is 0 Å². The molecular formula is C13H10FNO3. The van der Waals surface area contributed by atoms with Crippen LogP contribution in [0.15, 0.2) is 42.5 Å². The largest absolute Gasteiger partial charge is 0.508 e. The lowest BCUT2D eigenvalue weighted by Gasteiger charge is -2.06. The molecule has 0 atom stereocenters. The van der Waals surface area contributed by atoms with Gasteiger partial charge in [-0.25, -0.2) is 4.39 Å². The van der Waals surface area contributed by atoms with E-state index in [0.29, 0.717) is 5.56 Å². The van der Waals surface area contributed by atoms with Crippen LogP contribution >= 0.6 is 0 Å². The van der Waals surface area contributed by atoms with Gasteiger partial charge in [0.1, 0.15) is 17.3 Å². The second-order valence-corrected chi connectivity index (χ2v) is 3.67. The highest BCUT2D eigenvalue weighted by molar-refractivity contribution is 6.04. The first-order valence-electron chi connectivity index (χ1n) is 5.15. The van der Waals surface area contributed by atoms with Crippen LogP contribution in [0.5, 0.6) is 11.5 Å². The van der Waals surface area contributed by atoms with E-state index in [-0.39, 0.29) is 17.2 Å². The van der Waals surface area contributed by atoms with Crippen LogP contribution in [0, 0.1) is 5.82 Å². The number of benzene rings is 2. The van der Waals surface area contributed by atoms with Gasteiger partial charge in [-0.05, 0) is 36.4 Å². The number of amides is 1.